The van der Waals surface area contributed by atoms with Crippen molar-refractivity contribution in [1.29, 1.82) is 0 Å². The lowest BCUT2D eigenvalue weighted by atomic mass is 10.1. The van der Waals surface area contributed by atoms with Gasteiger partial charge < -0.3 is 13.9 Å². The third kappa shape index (κ3) is 2.87. The molecule has 0 aliphatic rings. The quantitative estimate of drug-likeness (QED) is 0.653. The Morgan fingerprint density at radius 2 is 1.92 bits per heavy atom. The van der Waals surface area contributed by atoms with Gasteiger partial charge in [-0.3, -0.25) is 4.79 Å². The normalized spacial score (nSPS) is 11.3. The topological polar surface area (TPSA) is 49.0 Å². The fraction of sp³-hybridized carbons (Fsp3) is 0.368. The lowest BCUT2D eigenvalue weighted by molar-refractivity contribution is 0.0971. The van der Waals surface area contributed by atoms with Gasteiger partial charge in [0.25, 0.3) is 0 Å². The van der Waals surface area contributed by atoms with Gasteiger partial charge in [0.05, 0.1) is 24.2 Å². The number of imidazole rings is 1. The maximum absolute atomic E-state index is 12.9. The SMILES string of the molecule is COCCn1c(C)cc(C(=O)Cn2c(C)nc3ccccc32)c1C. The molecule has 0 fully saturated rings. The molecule has 0 saturated heterocycles. The van der Waals surface area contributed by atoms with Crippen molar-refractivity contribution in [3.8, 4) is 0 Å². The summed E-state index contributed by atoms with van der Waals surface area (Å²) in [4.78, 5) is 17.4. The second-order valence-corrected chi connectivity index (χ2v) is 6.09. The fourth-order valence-electron chi connectivity index (χ4n) is 3.23. The summed E-state index contributed by atoms with van der Waals surface area (Å²) < 4.78 is 9.28. The molecule has 5 heteroatoms. The average Bonchev–Trinajstić information content (AvgIpc) is 3.03. The van der Waals surface area contributed by atoms with Crippen molar-refractivity contribution in [3.63, 3.8) is 0 Å². The first-order valence-electron chi connectivity index (χ1n) is 8.13. The summed E-state index contributed by atoms with van der Waals surface area (Å²) in [5.74, 6) is 0.968. The molecule has 24 heavy (non-hydrogen) atoms. The van der Waals surface area contributed by atoms with E-state index in [2.05, 4.69) is 9.55 Å². The minimum absolute atomic E-state index is 0.109. The number of aryl methyl sites for hydroxylation is 2. The van der Waals surface area contributed by atoms with Gasteiger partial charge in [-0.25, -0.2) is 4.98 Å². The Labute approximate surface area is 141 Å². The van der Waals surface area contributed by atoms with Gasteiger partial charge in [-0.15, -0.1) is 0 Å². The van der Waals surface area contributed by atoms with E-state index in [0.29, 0.717) is 13.2 Å². The zero-order chi connectivity index (χ0) is 17.3. The van der Waals surface area contributed by atoms with Gasteiger partial charge in [-0.05, 0) is 39.0 Å². The Morgan fingerprint density at radius 3 is 2.67 bits per heavy atom. The molecule has 0 spiro atoms. The number of nitrogens with zero attached hydrogens (tertiary/aromatic N) is 3. The molecular weight excluding hydrogens is 302 g/mol. The van der Waals surface area contributed by atoms with Crippen LogP contribution in [0.5, 0.6) is 0 Å². The van der Waals surface area contributed by atoms with E-state index in [4.69, 9.17) is 4.74 Å². The van der Waals surface area contributed by atoms with Gasteiger partial charge in [-0.1, -0.05) is 12.1 Å². The van der Waals surface area contributed by atoms with Crippen molar-refractivity contribution >= 4 is 16.8 Å². The summed E-state index contributed by atoms with van der Waals surface area (Å²) in [6.45, 7) is 7.66. The third-order valence-corrected chi connectivity index (χ3v) is 4.54. The molecule has 0 unspecified atom stereocenters. The van der Waals surface area contributed by atoms with Crippen LogP contribution in [0.1, 0.15) is 27.6 Å². The molecule has 0 aliphatic carbocycles. The van der Waals surface area contributed by atoms with Crippen molar-refractivity contribution in [2.45, 2.75) is 33.9 Å². The van der Waals surface area contributed by atoms with Crippen molar-refractivity contribution < 1.29 is 9.53 Å². The van der Waals surface area contributed by atoms with Crippen LogP contribution < -0.4 is 0 Å². The first kappa shape index (κ1) is 16.5. The van der Waals surface area contributed by atoms with Crippen LogP contribution in [0.2, 0.25) is 0 Å². The molecule has 0 radical (unpaired) electrons. The molecule has 126 valence electrons. The largest absolute Gasteiger partial charge is 0.383 e. The van der Waals surface area contributed by atoms with E-state index in [-0.39, 0.29) is 5.78 Å². The van der Waals surface area contributed by atoms with Crippen LogP contribution in [0.4, 0.5) is 0 Å². The number of carbonyl (C=O) groups excluding carboxylic acids is 1. The molecule has 0 aliphatic heterocycles. The van der Waals surface area contributed by atoms with Crippen LogP contribution in [-0.2, 0) is 17.8 Å². The highest BCUT2D eigenvalue weighted by Crippen LogP contribution is 2.19. The number of benzene rings is 1. The summed E-state index contributed by atoms with van der Waals surface area (Å²) in [6.07, 6.45) is 0. The maximum atomic E-state index is 12.9. The second kappa shape index (κ2) is 6.61. The molecule has 3 aromatic rings. The minimum atomic E-state index is 0.109. The van der Waals surface area contributed by atoms with E-state index in [1.165, 1.54) is 0 Å². The number of rotatable bonds is 6. The summed E-state index contributed by atoms with van der Waals surface area (Å²) in [5.41, 5.74) is 4.78. The number of carbonyl (C=O) groups is 1. The Morgan fingerprint density at radius 1 is 1.17 bits per heavy atom. The molecule has 2 aromatic heterocycles. The molecule has 0 N–H and O–H groups in total. The number of Topliss-reactive ketones (excluding diaryl/α,β-unsaturated/α-hetero) is 1. The zero-order valence-electron chi connectivity index (χ0n) is 14.7. The van der Waals surface area contributed by atoms with Gasteiger partial charge in [-0.2, -0.15) is 0 Å². The zero-order valence-corrected chi connectivity index (χ0v) is 14.7. The van der Waals surface area contributed by atoms with Crippen LogP contribution in [0.15, 0.2) is 30.3 Å². The predicted octanol–water partition coefficient (Wildman–Crippen LogP) is 3.29. The van der Waals surface area contributed by atoms with Crippen molar-refractivity contribution in [3.05, 3.63) is 53.1 Å². The van der Waals surface area contributed by atoms with Gasteiger partial charge in [0.15, 0.2) is 5.78 Å². The van der Waals surface area contributed by atoms with Gasteiger partial charge in [0.1, 0.15) is 5.82 Å². The summed E-state index contributed by atoms with van der Waals surface area (Å²) in [6, 6.07) is 9.89. The molecular formula is C19H23N3O2. The standard InChI is InChI=1S/C19H23N3O2/c1-13-11-16(14(2)21(13)9-10-24-4)19(23)12-22-15(3)20-17-7-5-6-8-18(17)22/h5-8,11H,9-10,12H2,1-4H3. The van der Waals surface area contributed by atoms with Crippen LogP contribution in [0.25, 0.3) is 11.0 Å². The highest BCUT2D eigenvalue weighted by molar-refractivity contribution is 5.98. The maximum Gasteiger partial charge on any atom is 0.184 e. The number of hydrogen-bond acceptors (Lipinski definition) is 3. The fourth-order valence-corrected chi connectivity index (χ4v) is 3.23. The van der Waals surface area contributed by atoms with E-state index in [9.17, 15) is 4.79 Å². The van der Waals surface area contributed by atoms with E-state index in [1.807, 2.05) is 55.7 Å². The number of fused-ring (bicyclic) bond motifs is 1. The molecule has 2 heterocycles. The van der Waals surface area contributed by atoms with E-state index >= 15 is 0 Å². The van der Waals surface area contributed by atoms with Crippen LogP contribution >= 0.6 is 0 Å². The summed E-state index contributed by atoms with van der Waals surface area (Å²) in [7, 11) is 1.69. The van der Waals surface area contributed by atoms with E-state index < -0.39 is 0 Å². The first-order chi connectivity index (χ1) is 11.5. The number of ketones is 1. The Bertz CT molecular complexity index is 890. The van der Waals surface area contributed by atoms with Crippen molar-refractivity contribution in [2.24, 2.45) is 0 Å². The Balaban J connectivity index is 1.91. The number of para-hydroxylation sites is 2. The highest BCUT2D eigenvalue weighted by Gasteiger charge is 2.18. The number of methoxy groups -OCH3 is 1. The Kier molecular flexibility index (Phi) is 4.53. The lowest BCUT2D eigenvalue weighted by Crippen LogP contribution is -2.13. The molecule has 0 saturated carbocycles. The molecule has 0 amide bonds. The van der Waals surface area contributed by atoms with Crippen molar-refractivity contribution in [1.82, 2.24) is 14.1 Å². The monoisotopic (exact) mass is 325 g/mol. The molecule has 3 rings (SSSR count). The number of aromatic nitrogens is 3. The van der Waals surface area contributed by atoms with Gasteiger partial charge >= 0.3 is 0 Å². The first-order valence-corrected chi connectivity index (χ1v) is 8.13. The number of ether oxygens (including phenoxy) is 1. The van der Waals surface area contributed by atoms with Crippen LogP contribution in [-0.4, -0.2) is 33.6 Å². The predicted molar refractivity (Wildman–Crippen MR) is 94.6 cm³/mol. The highest BCUT2D eigenvalue weighted by atomic mass is 16.5. The van der Waals surface area contributed by atoms with Gasteiger partial charge in [0, 0.05) is 30.6 Å². The van der Waals surface area contributed by atoms with Crippen LogP contribution in [0, 0.1) is 20.8 Å². The average molecular weight is 325 g/mol. The van der Waals surface area contributed by atoms with Gasteiger partial charge in [0.2, 0.25) is 0 Å². The lowest BCUT2D eigenvalue weighted by Gasteiger charge is -2.09. The van der Waals surface area contributed by atoms with E-state index in [0.717, 1.165) is 40.4 Å². The van der Waals surface area contributed by atoms with Crippen LogP contribution in [0.3, 0.4) is 0 Å². The minimum Gasteiger partial charge on any atom is -0.383 e. The smallest absolute Gasteiger partial charge is 0.184 e. The van der Waals surface area contributed by atoms with E-state index in [1.54, 1.807) is 7.11 Å². The third-order valence-electron chi connectivity index (χ3n) is 4.54. The molecule has 0 atom stereocenters. The summed E-state index contributed by atoms with van der Waals surface area (Å²) in [5, 5.41) is 0. The Hall–Kier alpha value is -2.40. The molecule has 5 nitrogen and oxygen atoms in total. The van der Waals surface area contributed by atoms with Crippen molar-refractivity contribution in [2.75, 3.05) is 13.7 Å². The summed E-state index contributed by atoms with van der Waals surface area (Å²) >= 11 is 0. The second-order valence-electron chi connectivity index (χ2n) is 6.09. The number of hydrogen-bond donors (Lipinski definition) is 0. The molecule has 1 aromatic carbocycles. The molecule has 0 bridgehead atoms.